The van der Waals surface area contributed by atoms with Gasteiger partial charge in [-0.05, 0) is 49.6 Å². The average Bonchev–Trinajstić information content (AvgIpc) is 3.55. The summed E-state index contributed by atoms with van der Waals surface area (Å²) < 4.78 is 5.79. The number of carbonyl (C=O) groups is 2. The summed E-state index contributed by atoms with van der Waals surface area (Å²) in [6.07, 6.45) is 5.59. The average molecular weight is 543 g/mol. The van der Waals surface area contributed by atoms with Crippen molar-refractivity contribution in [2.75, 3.05) is 10.2 Å². The summed E-state index contributed by atoms with van der Waals surface area (Å²) in [6.45, 7) is 3.49. The van der Waals surface area contributed by atoms with Crippen LogP contribution < -0.4 is 25.6 Å². The molecule has 198 valence electrons. The molecule has 2 aliphatic rings. The number of nitrogens with one attached hydrogen (secondary N) is 3. The highest BCUT2D eigenvalue weighted by Crippen LogP contribution is 2.46. The first-order valence-corrected chi connectivity index (χ1v) is 13.4. The molecule has 1 unspecified atom stereocenters. The number of anilines is 3. The van der Waals surface area contributed by atoms with E-state index in [1.54, 1.807) is 23.4 Å². The van der Waals surface area contributed by atoms with Crippen molar-refractivity contribution >= 4 is 50.4 Å². The number of aliphatic hydroxyl groups is 1. The molecule has 4 aromatic rings. The molecule has 39 heavy (non-hydrogen) atoms. The second-order valence-corrected chi connectivity index (χ2v) is 10.4. The predicted octanol–water partition coefficient (Wildman–Crippen LogP) is 4.28. The fourth-order valence-electron chi connectivity index (χ4n) is 5.05. The van der Waals surface area contributed by atoms with Crippen molar-refractivity contribution in [2.45, 2.75) is 37.7 Å². The van der Waals surface area contributed by atoms with Crippen LogP contribution in [0.4, 0.5) is 17.1 Å². The maximum atomic E-state index is 13.3. The molecule has 1 aromatic carbocycles. The minimum absolute atomic E-state index is 0.00132. The molecule has 3 aromatic heterocycles. The number of benzene rings is 1. The van der Waals surface area contributed by atoms with Gasteiger partial charge in [0, 0.05) is 24.3 Å². The second-order valence-electron chi connectivity index (χ2n) is 9.37. The van der Waals surface area contributed by atoms with E-state index in [1.807, 2.05) is 42.5 Å². The lowest BCUT2D eigenvalue weighted by Gasteiger charge is -2.35. The molecule has 0 saturated heterocycles. The molecule has 0 spiro atoms. The van der Waals surface area contributed by atoms with E-state index in [2.05, 4.69) is 32.5 Å². The van der Waals surface area contributed by atoms with Crippen molar-refractivity contribution in [3.63, 3.8) is 0 Å². The second kappa shape index (κ2) is 10.4. The molecule has 3 atom stereocenters. The highest BCUT2D eigenvalue weighted by molar-refractivity contribution is 7.21. The topological polar surface area (TPSA) is 129 Å². The van der Waals surface area contributed by atoms with Crippen LogP contribution in [0.1, 0.15) is 28.9 Å². The number of pyridine rings is 2. The number of carbonyl (C=O) groups excluding carboxylic acids is 2. The van der Waals surface area contributed by atoms with Crippen LogP contribution in [0.2, 0.25) is 0 Å². The Morgan fingerprint density at radius 2 is 1.90 bits per heavy atom. The number of nitrogens with zero attached hydrogens (tertiary/aromatic N) is 3. The van der Waals surface area contributed by atoms with Crippen LogP contribution in [0.25, 0.3) is 10.2 Å². The highest BCUT2D eigenvalue weighted by atomic mass is 32.1. The highest BCUT2D eigenvalue weighted by Gasteiger charge is 2.34. The van der Waals surface area contributed by atoms with E-state index >= 15 is 0 Å². The molecule has 6 rings (SSSR count). The number of hydrogen-bond acceptors (Lipinski definition) is 9. The van der Waals surface area contributed by atoms with Gasteiger partial charge in [-0.3, -0.25) is 14.5 Å². The van der Waals surface area contributed by atoms with Gasteiger partial charge >= 0.3 is 0 Å². The van der Waals surface area contributed by atoms with Crippen molar-refractivity contribution in [3.05, 3.63) is 78.5 Å². The Balaban J connectivity index is 1.23. The Morgan fingerprint density at radius 3 is 2.64 bits per heavy atom. The Bertz CT molecular complexity index is 1540. The molecule has 11 heteroatoms. The molecule has 2 amide bonds. The smallest absolute Gasteiger partial charge is 0.263 e. The van der Waals surface area contributed by atoms with E-state index in [1.165, 1.54) is 17.4 Å². The fourth-order valence-corrected chi connectivity index (χ4v) is 6.08. The maximum absolute atomic E-state index is 13.3. The third-order valence-corrected chi connectivity index (χ3v) is 7.91. The summed E-state index contributed by atoms with van der Waals surface area (Å²) in [6, 6.07) is 14.7. The largest absolute Gasteiger partial charge is 0.439 e. The molecule has 4 heterocycles. The minimum atomic E-state index is -1.14. The Morgan fingerprint density at radius 1 is 1.10 bits per heavy atom. The zero-order chi connectivity index (χ0) is 26.9. The maximum Gasteiger partial charge on any atom is 0.263 e. The van der Waals surface area contributed by atoms with Crippen LogP contribution in [-0.4, -0.2) is 45.3 Å². The fraction of sp³-hybridized carbons (Fsp3) is 0.214. The van der Waals surface area contributed by atoms with Crippen LogP contribution in [0.15, 0.2) is 73.6 Å². The van der Waals surface area contributed by atoms with Crippen LogP contribution >= 0.6 is 11.3 Å². The molecule has 1 fully saturated rings. The van der Waals surface area contributed by atoms with E-state index in [4.69, 9.17) is 4.74 Å². The first-order valence-electron chi connectivity index (χ1n) is 12.6. The van der Waals surface area contributed by atoms with Gasteiger partial charge in [0.05, 0.1) is 28.6 Å². The molecule has 0 bridgehead atoms. The number of rotatable bonds is 7. The zero-order valence-corrected chi connectivity index (χ0v) is 21.6. The summed E-state index contributed by atoms with van der Waals surface area (Å²) >= 11 is 1.27. The van der Waals surface area contributed by atoms with Gasteiger partial charge in [0.25, 0.3) is 5.91 Å². The SMILES string of the molecule is C=CC(=O)N[C@@H]1CC[C@@H](NC(=O)c2sc3nccc4c3c2NC(O)N4c2ccc(Oc3ccccc3)nc2)C1. The summed E-state index contributed by atoms with van der Waals surface area (Å²) in [5.41, 5.74) is 1.90. The summed E-state index contributed by atoms with van der Waals surface area (Å²) in [5, 5.41) is 21.0. The number of para-hydroxylation sites is 1. The van der Waals surface area contributed by atoms with Crippen molar-refractivity contribution in [3.8, 4) is 11.6 Å². The number of aliphatic hydroxyl groups excluding tert-OH is 1. The Hall–Kier alpha value is -4.48. The normalized spacial score (nSPS) is 19.8. The quantitative estimate of drug-likeness (QED) is 0.255. The van der Waals surface area contributed by atoms with Gasteiger partial charge in [-0.2, -0.15) is 0 Å². The summed E-state index contributed by atoms with van der Waals surface area (Å²) in [5.74, 6) is 0.655. The van der Waals surface area contributed by atoms with Crippen LogP contribution in [0, 0.1) is 0 Å². The zero-order valence-electron chi connectivity index (χ0n) is 20.8. The number of ether oxygens (including phenoxy) is 1. The van der Waals surface area contributed by atoms with Crippen molar-refractivity contribution in [1.82, 2.24) is 20.6 Å². The molecular formula is C28H26N6O4S. The summed E-state index contributed by atoms with van der Waals surface area (Å²) in [7, 11) is 0. The molecule has 1 saturated carbocycles. The van der Waals surface area contributed by atoms with Crippen LogP contribution in [-0.2, 0) is 4.79 Å². The van der Waals surface area contributed by atoms with Crippen molar-refractivity contribution in [1.29, 1.82) is 0 Å². The van der Waals surface area contributed by atoms with Gasteiger partial charge in [-0.25, -0.2) is 9.97 Å². The van der Waals surface area contributed by atoms with Gasteiger partial charge in [0.1, 0.15) is 15.5 Å². The number of thiophene rings is 1. The van der Waals surface area contributed by atoms with Gasteiger partial charge < -0.3 is 25.8 Å². The Labute approximate surface area is 228 Å². The van der Waals surface area contributed by atoms with E-state index in [9.17, 15) is 14.7 Å². The monoisotopic (exact) mass is 542 g/mol. The van der Waals surface area contributed by atoms with Gasteiger partial charge in [0.15, 0.2) is 0 Å². The first-order chi connectivity index (χ1) is 19.0. The van der Waals surface area contributed by atoms with Crippen LogP contribution in [0.5, 0.6) is 11.6 Å². The molecular weight excluding hydrogens is 516 g/mol. The minimum Gasteiger partial charge on any atom is -0.439 e. The third-order valence-electron chi connectivity index (χ3n) is 6.82. The number of amides is 2. The molecule has 1 aliphatic carbocycles. The van der Waals surface area contributed by atoms with E-state index in [-0.39, 0.29) is 23.9 Å². The Kier molecular flexibility index (Phi) is 6.59. The van der Waals surface area contributed by atoms with E-state index < -0.39 is 6.35 Å². The van der Waals surface area contributed by atoms with E-state index in [0.29, 0.717) is 44.8 Å². The van der Waals surface area contributed by atoms with Gasteiger partial charge in [-0.15, -0.1) is 11.3 Å². The van der Waals surface area contributed by atoms with Crippen molar-refractivity contribution < 1.29 is 19.4 Å². The predicted molar refractivity (Wildman–Crippen MR) is 149 cm³/mol. The molecule has 10 nitrogen and oxygen atoms in total. The van der Waals surface area contributed by atoms with Crippen molar-refractivity contribution in [2.24, 2.45) is 0 Å². The molecule has 4 N–H and O–H groups in total. The third kappa shape index (κ3) is 4.89. The number of aromatic nitrogens is 2. The van der Waals surface area contributed by atoms with E-state index in [0.717, 1.165) is 18.2 Å². The first kappa shape index (κ1) is 24.8. The lowest BCUT2D eigenvalue weighted by molar-refractivity contribution is -0.117. The van der Waals surface area contributed by atoms with Gasteiger partial charge in [0.2, 0.25) is 18.1 Å². The standard InChI is InChI=1S/C28H26N6O4S/c1-2-21(35)31-16-8-9-17(14-16)32-26(36)25-24-23-20(12-13-29-27(23)39-25)34(28(37)33-24)18-10-11-22(30-15-18)38-19-6-4-3-5-7-19/h2-7,10-13,15-17,28,33,37H,1,8-9,14H2,(H,31,35)(H,32,36)/t16-,17-,28?/m1/s1. The lowest BCUT2D eigenvalue weighted by Crippen LogP contribution is -2.41. The molecule has 1 aliphatic heterocycles. The lowest BCUT2D eigenvalue weighted by atomic mass is 10.1. The van der Waals surface area contributed by atoms with Gasteiger partial charge in [-0.1, -0.05) is 24.8 Å². The van der Waals surface area contributed by atoms with Crippen LogP contribution in [0.3, 0.4) is 0 Å². The number of hydrogen-bond donors (Lipinski definition) is 4. The molecule has 0 radical (unpaired) electrons. The summed E-state index contributed by atoms with van der Waals surface area (Å²) in [4.78, 5) is 36.7.